The van der Waals surface area contributed by atoms with E-state index in [9.17, 15) is 22.4 Å². The highest BCUT2D eigenvalue weighted by molar-refractivity contribution is 7.13. The Bertz CT molecular complexity index is 1190. The van der Waals surface area contributed by atoms with Gasteiger partial charge in [0.2, 0.25) is 0 Å². The zero-order valence-electron chi connectivity index (χ0n) is 14.4. The number of aromatic amines is 1. The van der Waals surface area contributed by atoms with E-state index in [-0.39, 0.29) is 17.4 Å². The second kappa shape index (κ2) is 7.51. The fraction of sp³-hybridized carbons (Fsp3) is 0.0556. The van der Waals surface area contributed by atoms with Crippen molar-refractivity contribution in [1.29, 1.82) is 0 Å². The Balaban J connectivity index is 1.47. The number of H-pyrrole nitrogens is 1. The summed E-state index contributed by atoms with van der Waals surface area (Å²) in [6.45, 7) is -0.490. The zero-order chi connectivity index (χ0) is 20.5. The third-order valence-electron chi connectivity index (χ3n) is 4.02. The van der Waals surface area contributed by atoms with Crippen LogP contribution in [0.3, 0.4) is 0 Å². The van der Waals surface area contributed by atoms with Crippen LogP contribution < -0.4 is 5.32 Å². The summed E-state index contributed by atoms with van der Waals surface area (Å²) in [5.41, 5.74) is 0.376. The molecule has 6 nitrogen and oxygen atoms in total. The topological polar surface area (TPSA) is 75.6 Å². The molecular weight excluding hydrogens is 410 g/mol. The minimum Gasteiger partial charge on any atom is -0.318 e. The monoisotopic (exact) mass is 421 g/mol. The summed E-state index contributed by atoms with van der Waals surface area (Å²) in [5.74, 6) is -6.75. The number of nitrogens with one attached hydrogen (secondary N) is 2. The quantitative estimate of drug-likeness (QED) is 0.288. The average Bonchev–Trinajstić information content (AvgIpc) is 3.44. The number of rotatable bonds is 5. The van der Waals surface area contributed by atoms with Crippen molar-refractivity contribution < 1.29 is 22.4 Å². The van der Waals surface area contributed by atoms with E-state index in [0.717, 1.165) is 9.56 Å². The first-order valence-electron chi connectivity index (χ1n) is 8.17. The molecule has 0 bridgehead atoms. The van der Waals surface area contributed by atoms with Gasteiger partial charge in [0.05, 0.1) is 29.0 Å². The van der Waals surface area contributed by atoms with Crippen LogP contribution in [0.25, 0.3) is 10.6 Å². The molecule has 2 N–H and O–H groups in total. The predicted octanol–water partition coefficient (Wildman–Crippen LogP) is 4.19. The van der Waals surface area contributed by atoms with Crippen molar-refractivity contribution in [1.82, 2.24) is 20.0 Å². The highest BCUT2D eigenvalue weighted by atomic mass is 32.1. The molecule has 0 aliphatic heterocycles. The number of hydrogen-bond acceptors (Lipinski definition) is 4. The van der Waals surface area contributed by atoms with Crippen molar-refractivity contribution in [3.05, 3.63) is 76.6 Å². The number of thiophene rings is 1. The SMILES string of the molecule is O=C(Nc1cnn(Cc2c(F)cc(F)c(F)c2F)c1)c1cc(-c2cccs2)[nH]n1. The Hall–Kier alpha value is -3.47. The van der Waals surface area contributed by atoms with E-state index in [1.807, 2.05) is 17.5 Å². The van der Waals surface area contributed by atoms with E-state index >= 15 is 0 Å². The molecule has 1 amide bonds. The molecule has 4 rings (SSSR count). The van der Waals surface area contributed by atoms with Gasteiger partial charge in [0.1, 0.15) is 5.82 Å². The molecule has 3 heterocycles. The first-order valence-corrected chi connectivity index (χ1v) is 9.05. The predicted molar refractivity (Wildman–Crippen MR) is 97.5 cm³/mol. The second-order valence-electron chi connectivity index (χ2n) is 5.97. The van der Waals surface area contributed by atoms with E-state index in [1.165, 1.54) is 23.7 Å². The highest BCUT2D eigenvalue weighted by Gasteiger charge is 2.20. The summed E-state index contributed by atoms with van der Waals surface area (Å²) >= 11 is 1.49. The number of amides is 1. The Morgan fingerprint density at radius 2 is 2.00 bits per heavy atom. The molecule has 0 fully saturated rings. The number of nitrogens with zero attached hydrogens (tertiary/aromatic N) is 3. The highest BCUT2D eigenvalue weighted by Crippen LogP contribution is 2.23. The largest absolute Gasteiger partial charge is 0.318 e. The molecule has 4 aromatic rings. The van der Waals surface area contributed by atoms with Gasteiger partial charge in [0.25, 0.3) is 5.91 Å². The number of halogens is 4. The van der Waals surface area contributed by atoms with Crippen LogP contribution in [0, 0.1) is 23.3 Å². The number of carbonyl (C=O) groups is 1. The molecule has 0 aliphatic carbocycles. The van der Waals surface area contributed by atoms with Gasteiger partial charge in [-0.15, -0.1) is 11.3 Å². The maximum Gasteiger partial charge on any atom is 0.276 e. The molecule has 1 aromatic carbocycles. The summed E-state index contributed by atoms with van der Waals surface area (Å²) in [6, 6.07) is 5.59. The van der Waals surface area contributed by atoms with Gasteiger partial charge in [0, 0.05) is 17.8 Å². The number of benzene rings is 1. The number of aromatic nitrogens is 4. The first kappa shape index (κ1) is 18.9. The summed E-state index contributed by atoms with van der Waals surface area (Å²) in [4.78, 5) is 13.2. The molecule has 3 aromatic heterocycles. The van der Waals surface area contributed by atoms with Gasteiger partial charge in [-0.05, 0) is 17.5 Å². The molecule has 0 radical (unpaired) electrons. The van der Waals surface area contributed by atoms with Crippen LogP contribution in [0.2, 0.25) is 0 Å². The van der Waals surface area contributed by atoms with Crippen LogP contribution in [-0.2, 0) is 6.54 Å². The lowest BCUT2D eigenvalue weighted by atomic mass is 10.2. The second-order valence-corrected chi connectivity index (χ2v) is 6.92. The van der Waals surface area contributed by atoms with E-state index in [0.29, 0.717) is 5.69 Å². The minimum absolute atomic E-state index is 0.138. The summed E-state index contributed by atoms with van der Waals surface area (Å²) in [6.07, 6.45) is 2.55. The summed E-state index contributed by atoms with van der Waals surface area (Å²) in [7, 11) is 0. The number of anilines is 1. The molecular formula is C18H11F4N5OS. The van der Waals surface area contributed by atoms with Crippen LogP contribution in [0.5, 0.6) is 0 Å². The van der Waals surface area contributed by atoms with Crippen molar-refractivity contribution in [3.8, 4) is 10.6 Å². The maximum absolute atomic E-state index is 13.8. The van der Waals surface area contributed by atoms with Crippen LogP contribution in [0.1, 0.15) is 16.1 Å². The van der Waals surface area contributed by atoms with E-state index in [4.69, 9.17) is 0 Å². The van der Waals surface area contributed by atoms with Gasteiger partial charge in [-0.3, -0.25) is 14.6 Å². The molecule has 0 spiro atoms. The third-order valence-corrected chi connectivity index (χ3v) is 4.92. The normalized spacial score (nSPS) is 11.0. The van der Waals surface area contributed by atoms with Crippen molar-refractivity contribution in [3.63, 3.8) is 0 Å². The molecule has 0 unspecified atom stereocenters. The maximum atomic E-state index is 13.8. The number of carbonyl (C=O) groups excluding carboxylic acids is 1. The lowest BCUT2D eigenvalue weighted by Gasteiger charge is -2.06. The van der Waals surface area contributed by atoms with Crippen molar-refractivity contribution in [2.24, 2.45) is 0 Å². The molecule has 0 saturated carbocycles. The molecule has 0 saturated heterocycles. The van der Waals surface area contributed by atoms with Gasteiger partial charge in [-0.25, -0.2) is 17.6 Å². The fourth-order valence-corrected chi connectivity index (χ4v) is 3.31. The van der Waals surface area contributed by atoms with Crippen LogP contribution in [-0.4, -0.2) is 25.9 Å². The Morgan fingerprint density at radius 1 is 1.17 bits per heavy atom. The van der Waals surface area contributed by atoms with Crippen molar-refractivity contribution in [2.45, 2.75) is 6.54 Å². The Labute approximate surface area is 164 Å². The van der Waals surface area contributed by atoms with Crippen LogP contribution >= 0.6 is 11.3 Å². The van der Waals surface area contributed by atoms with Gasteiger partial charge in [-0.2, -0.15) is 10.2 Å². The smallest absolute Gasteiger partial charge is 0.276 e. The lowest BCUT2D eigenvalue weighted by molar-refractivity contribution is 0.102. The van der Waals surface area contributed by atoms with Gasteiger partial charge >= 0.3 is 0 Å². The Kier molecular flexibility index (Phi) is 4.89. The van der Waals surface area contributed by atoms with Crippen LogP contribution in [0.4, 0.5) is 23.2 Å². The molecule has 148 valence electrons. The van der Waals surface area contributed by atoms with Crippen LogP contribution in [0.15, 0.2) is 42.0 Å². The average molecular weight is 421 g/mol. The zero-order valence-corrected chi connectivity index (χ0v) is 15.2. The standard InChI is InChI=1S/C18H11F4N5OS/c19-11-4-12(20)17(22)16(21)10(11)8-27-7-9(6-23-27)24-18(28)14-5-13(25-26-14)15-2-1-3-29-15/h1-7H,8H2,(H,24,28)(H,25,26). The van der Waals surface area contributed by atoms with E-state index < -0.39 is 41.3 Å². The molecule has 0 atom stereocenters. The van der Waals surface area contributed by atoms with Gasteiger partial charge < -0.3 is 5.32 Å². The minimum atomic E-state index is -1.76. The van der Waals surface area contributed by atoms with Crippen molar-refractivity contribution >= 4 is 22.9 Å². The molecule has 11 heteroatoms. The number of hydrogen-bond donors (Lipinski definition) is 2. The van der Waals surface area contributed by atoms with Gasteiger partial charge in [0.15, 0.2) is 23.1 Å². The van der Waals surface area contributed by atoms with E-state index in [1.54, 1.807) is 6.07 Å². The summed E-state index contributed by atoms with van der Waals surface area (Å²) < 4.78 is 55.0. The summed E-state index contributed by atoms with van der Waals surface area (Å²) in [5, 5.41) is 15.0. The first-order chi connectivity index (χ1) is 13.9. The molecule has 0 aliphatic rings. The van der Waals surface area contributed by atoms with Crippen molar-refractivity contribution in [2.75, 3.05) is 5.32 Å². The Morgan fingerprint density at radius 3 is 2.76 bits per heavy atom. The molecule has 29 heavy (non-hydrogen) atoms. The fourth-order valence-electron chi connectivity index (χ4n) is 2.62. The van der Waals surface area contributed by atoms with E-state index in [2.05, 4.69) is 20.6 Å². The third kappa shape index (κ3) is 3.76. The van der Waals surface area contributed by atoms with Gasteiger partial charge in [-0.1, -0.05) is 6.07 Å². The lowest BCUT2D eigenvalue weighted by Crippen LogP contribution is -2.12.